The molecule has 1 aliphatic heterocycles. The van der Waals surface area contributed by atoms with E-state index in [1.54, 1.807) is 6.07 Å². The number of furan rings is 1. The standard InChI is InChI=1S/C15H22N2O4/c1-9-6-10(2)11(3)17(8-9)15(20)16-7-12-4-5-13(21-12)14(18)19/h4-5,9-11H,6-8H2,1-3H3,(H,16,20)(H,18,19). The fourth-order valence-corrected chi connectivity index (χ4v) is 2.84. The van der Waals surface area contributed by atoms with Crippen molar-refractivity contribution in [1.82, 2.24) is 10.2 Å². The summed E-state index contributed by atoms with van der Waals surface area (Å²) in [6, 6.07) is 3.02. The number of rotatable bonds is 3. The summed E-state index contributed by atoms with van der Waals surface area (Å²) in [6.07, 6.45) is 1.13. The van der Waals surface area contributed by atoms with Gasteiger partial charge in [0, 0.05) is 12.6 Å². The molecule has 1 aliphatic rings. The summed E-state index contributed by atoms with van der Waals surface area (Å²) < 4.78 is 5.12. The monoisotopic (exact) mass is 294 g/mol. The second-order valence-corrected chi connectivity index (χ2v) is 5.94. The van der Waals surface area contributed by atoms with Crippen molar-refractivity contribution < 1.29 is 19.1 Å². The smallest absolute Gasteiger partial charge is 0.371 e. The van der Waals surface area contributed by atoms with E-state index >= 15 is 0 Å². The van der Waals surface area contributed by atoms with Gasteiger partial charge in [-0.25, -0.2) is 9.59 Å². The Morgan fingerprint density at radius 2 is 2.10 bits per heavy atom. The van der Waals surface area contributed by atoms with Crippen molar-refractivity contribution in [3.63, 3.8) is 0 Å². The largest absolute Gasteiger partial charge is 0.475 e. The number of amides is 2. The minimum atomic E-state index is -1.11. The molecule has 3 unspecified atom stereocenters. The fourth-order valence-electron chi connectivity index (χ4n) is 2.84. The molecule has 2 amide bonds. The number of urea groups is 1. The second-order valence-electron chi connectivity index (χ2n) is 5.94. The van der Waals surface area contributed by atoms with Crippen LogP contribution in [0.1, 0.15) is 43.5 Å². The highest BCUT2D eigenvalue weighted by molar-refractivity contribution is 5.84. The predicted molar refractivity (Wildman–Crippen MR) is 77.0 cm³/mol. The van der Waals surface area contributed by atoms with Crippen LogP contribution in [0.25, 0.3) is 0 Å². The molecule has 6 nitrogen and oxygen atoms in total. The molecule has 0 spiro atoms. The van der Waals surface area contributed by atoms with E-state index in [0.717, 1.165) is 13.0 Å². The molecule has 2 N–H and O–H groups in total. The first-order chi connectivity index (χ1) is 9.88. The number of carbonyl (C=O) groups is 2. The average Bonchev–Trinajstić information content (AvgIpc) is 2.89. The summed E-state index contributed by atoms with van der Waals surface area (Å²) in [4.78, 5) is 24.8. The van der Waals surface area contributed by atoms with Crippen molar-refractivity contribution in [1.29, 1.82) is 0 Å². The van der Waals surface area contributed by atoms with Crippen LogP contribution in [-0.4, -0.2) is 34.6 Å². The van der Waals surface area contributed by atoms with Crippen molar-refractivity contribution in [2.45, 2.75) is 39.8 Å². The number of hydrogen-bond acceptors (Lipinski definition) is 3. The lowest BCUT2D eigenvalue weighted by atomic mass is 9.86. The zero-order valence-corrected chi connectivity index (χ0v) is 12.6. The third-order valence-corrected chi connectivity index (χ3v) is 4.14. The lowest BCUT2D eigenvalue weighted by molar-refractivity contribution is 0.0660. The number of hydrogen-bond donors (Lipinski definition) is 2. The maximum Gasteiger partial charge on any atom is 0.371 e. The van der Waals surface area contributed by atoms with E-state index in [4.69, 9.17) is 9.52 Å². The van der Waals surface area contributed by atoms with Gasteiger partial charge in [-0.1, -0.05) is 13.8 Å². The van der Waals surface area contributed by atoms with E-state index in [1.807, 2.05) is 4.90 Å². The van der Waals surface area contributed by atoms with Gasteiger partial charge in [0.25, 0.3) is 0 Å². The van der Waals surface area contributed by atoms with Crippen molar-refractivity contribution in [3.8, 4) is 0 Å². The van der Waals surface area contributed by atoms with E-state index in [1.165, 1.54) is 6.07 Å². The summed E-state index contributed by atoms with van der Waals surface area (Å²) in [5.41, 5.74) is 0. The van der Waals surface area contributed by atoms with Crippen LogP contribution < -0.4 is 5.32 Å². The molecule has 116 valence electrons. The Morgan fingerprint density at radius 3 is 2.71 bits per heavy atom. The Morgan fingerprint density at radius 1 is 1.38 bits per heavy atom. The van der Waals surface area contributed by atoms with Gasteiger partial charge in [-0.2, -0.15) is 0 Å². The molecule has 3 atom stereocenters. The Bertz CT molecular complexity index is 525. The zero-order valence-electron chi connectivity index (χ0n) is 12.6. The molecular formula is C15H22N2O4. The number of nitrogens with zero attached hydrogens (tertiary/aromatic N) is 1. The van der Waals surface area contributed by atoms with Gasteiger partial charge in [-0.3, -0.25) is 0 Å². The number of likely N-dealkylation sites (tertiary alicyclic amines) is 1. The molecule has 1 aromatic rings. The molecule has 2 rings (SSSR count). The van der Waals surface area contributed by atoms with E-state index in [0.29, 0.717) is 17.6 Å². The summed E-state index contributed by atoms with van der Waals surface area (Å²) in [5.74, 6) is 0.171. The van der Waals surface area contributed by atoms with Gasteiger partial charge in [0.05, 0.1) is 6.54 Å². The van der Waals surface area contributed by atoms with Crippen molar-refractivity contribution >= 4 is 12.0 Å². The van der Waals surface area contributed by atoms with E-state index < -0.39 is 5.97 Å². The molecular weight excluding hydrogens is 272 g/mol. The third-order valence-electron chi connectivity index (χ3n) is 4.14. The molecule has 1 fully saturated rings. The second kappa shape index (κ2) is 6.20. The Kier molecular flexibility index (Phi) is 4.55. The van der Waals surface area contributed by atoms with Crippen molar-refractivity contribution in [3.05, 3.63) is 23.7 Å². The first-order valence-electron chi connectivity index (χ1n) is 7.25. The molecule has 6 heteroatoms. The number of carboxylic acids is 1. The topological polar surface area (TPSA) is 82.8 Å². The molecule has 0 bridgehead atoms. The number of piperidine rings is 1. The SMILES string of the molecule is CC1CC(C)C(C)N(C(=O)NCc2ccc(C(=O)O)o2)C1. The molecule has 1 saturated heterocycles. The van der Waals surface area contributed by atoms with Gasteiger partial charge in [0.1, 0.15) is 5.76 Å². The van der Waals surface area contributed by atoms with Gasteiger partial charge < -0.3 is 19.7 Å². The minimum Gasteiger partial charge on any atom is -0.475 e. The van der Waals surface area contributed by atoms with Crippen molar-refractivity contribution in [2.24, 2.45) is 11.8 Å². The summed E-state index contributed by atoms with van der Waals surface area (Å²) in [6.45, 7) is 7.31. The molecule has 2 heterocycles. The first kappa shape index (κ1) is 15.4. The van der Waals surface area contributed by atoms with Gasteiger partial charge in [0.15, 0.2) is 0 Å². The lowest BCUT2D eigenvalue weighted by Crippen LogP contribution is -2.52. The number of aromatic carboxylic acids is 1. The molecule has 0 aliphatic carbocycles. The van der Waals surface area contributed by atoms with Gasteiger partial charge in [-0.15, -0.1) is 0 Å². The van der Waals surface area contributed by atoms with Crippen LogP contribution in [0, 0.1) is 11.8 Å². The predicted octanol–water partition coefficient (Wildman–Crippen LogP) is 2.55. The highest BCUT2D eigenvalue weighted by Crippen LogP contribution is 2.26. The van der Waals surface area contributed by atoms with Crippen molar-refractivity contribution in [2.75, 3.05) is 6.54 Å². The lowest BCUT2D eigenvalue weighted by Gasteiger charge is -2.40. The van der Waals surface area contributed by atoms with Crippen LogP contribution >= 0.6 is 0 Å². The highest BCUT2D eigenvalue weighted by Gasteiger charge is 2.31. The Labute approximate surface area is 124 Å². The van der Waals surface area contributed by atoms with Gasteiger partial charge in [0.2, 0.25) is 5.76 Å². The normalized spacial score (nSPS) is 25.7. The van der Waals surface area contributed by atoms with Crippen LogP contribution in [0.15, 0.2) is 16.5 Å². The number of nitrogens with one attached hydrogen (secondary N) is 1. The fraction of sp³-hybridized carbons (Fsp3) is 0.600. The summed E-state index contributed by atoms with van der Waals surface area (Å²) >= 11 is 0. The molecule has 0 saturated carbocycles. The van der Waals surface area contributed by atoms with Crippen LogP contribution in [0.5, 0.6) is 0 Å². The molecule has 21 heavy (non-hydrogen) atoms. The first-order valence-corrected chi connectivity index (χ1v) is 7.25. The zero-order chi connectivity index (χ0) is 15.6. The van der Waals surface area contributed by atoms with E-state index in [-0.39, 0.29) is 24.4 Å². The Hall–Kier alpha value is -1.98. The number of carboxylic acid groups (broad SMARTS) is 1. The summed E-state index contributed by atoms with van der Waals surface area (Å²) in [5, 5.41) is 11.6. The van der Waals surface area contributed by atoms with Crippen LogP contribution in [0.3, 0.4) is 0 Å². The van der Waals surface area contributed by atoms with Crippen LogP contribution in [0.4, 0.5) is 4.79 Å². The quantitative estimate of drug-likeness (QED) is 0.897. The maximum atomic E-state index is 12.3. The number of carbonyl (C=O) groups excluding carboxylic acids is 1. The van der Waals surface area contributed by atoms with Crippen LogP contribution in [-0.2, 0) is 6.54 Å². The highest BCUT2D eigenvalue weighted by atomic mass is 16.4. The van der Waals surface area contributed by atoms with Gasteiger partial charge >= 0.3 is 12.0 Å². The van der Waals surface area contributed by atoms with Gasteiger partial charge in [-0.05, 0) is 37.3 Å². The van der Waals surface area contributed by atoms with E-state index in [2.05, 4.69) is 26.1 Å². The van der Waals surface area contributed by atoms with E-state index in [9.17, 15) is 9.59 Å². The molecule has 0 aromatic carbocycles. The minimum absolute atomic E-state index is 0.118. The molecule has 0 radical (unpaired) electrons. The average molecular weight is 294 g/mol. The van der Waals surface area contributed by atoms with Crippen LogP contribution in [0.2, 0.25) is 0 Å². The summed E-state index contributed by atoms with van der Waals surface area (Å²) in [7, 11) is 0. The Balaban J connectivity index is 1.92. The molecule has 1 aromatic heterocycles. The third kappa shape index (κ3) is 3.56. The maximum absolute atomic E-state index is 12.3.